The van der Waals surface area contributed by atoms with Crippen molar-refractivity contribution in [3.63, 3.8) is 0 Å². The lowest BCUT2D eigenvalue weighted by atomic mass is 9.68. The minimum Gasteiger partial charge on any atom is -0.459 e. The van der Waals surface area contributed by atoms with Crippen molar-refractivity contribution >= 4 is 34.6 Å². The normalized spacial score (nSPS) is 20.4. The first kappa shape index (κ1) is 47.7. The molecule has 4 aliphatic rings. The summed E-state index contributed by atoms with van der Waals surface area (Å²) in [6, 6.07) is 5.67. The molecule has 3 saturated carbocycles. The van der Waals surface area contributed by atoms with Gasteiger partial charge in [-0.15, -0.1) is 0 Å². The molecule has 1 saturated heterocycles. The summed E-state index contributed by atoms with van der Waals surface area (Å²) in [6.45, 7) is 2.46. The van der Waals surface area contributed by atoms with Gasteiger partial charge in [0.15, 0.2) is 0 Å². The number of nitro benzene ring substituents is 4. The van der Waals surface area contributed by atoms with E-state index in [4.69, 9.17) is 4.74 Å². The van der Waals surface area contributed by atoms with E-state index in [9.17, 15) is 50.0 Å². The van der Waals surface area contributed by atoms with Crippen LogP contribution in [0.5, 0.6) is 0 Å². The Morgan fingerprint density at radius 3 is 1.52 bits per heavy atom. The van der Waals surface area contributed by atoms with Crippen LogP contribution in [0.1, 0.15) is 188 Å². The highest BCUT2D eigenvalue weighted by Crippen LogP contribution is 2.48. The zero-order chi connectivity index (χ0) is 43.5. The van der Waals surface area contributed by atoms with Crippen molar-refractivity contribution < 1.29 is 34.0 Å². The number of esters is 1. The number of unbranched alkanes of at least 4 members (excludes halogenated alkanes) is 3. The first-order chi connectivity index (χ1) is 28.9. The number of nitro groups is 4. The van der Waals surface area contributed by atoms with E-state index in [0.717, 1.165) is 81.3 Å². The van der Waals surface area contributed by atoms with E-state index >= 15 is 0 Å². The third-order valence-electron chi connectivity index (χ3n) is 12.6. The Morgan fingerprint density at radius 2 is 1.07 bits per heavy atom. The van der Waals surface area contributed by atoms with Gasteiger partial charge in [0.1, 0.15) is 6.10 Å². The van der Waals surface area contributed by atoms with Gasteiger partial charge in [0, 0.05) is 36.3 Å². The van der Waals surface area contributed by atoms with Crippen LogP contribution in [0.25, 0.3) is 0 Å². The van der Waals surface area contributed by atoms with Crippen LogP contribution in [-0.4, -0.2) is 54.7 Å². The summed E-state index contributed by atoms with van der Waals surface area (Å²) >= 11 is 0. The Kier molecular flexibility index (Phi) is 19.3. The van der Waals surface area contributed by atoms with Gasteiger partial charge in [0.2, 0.25) is 0 Å². The molecule has 2 aromatic carbocycles. The SMILES string of the molecule is C1CCCCC1.C1CCCCC1.CCCCCC[C@H](CC[C@H]1CCCC[C@@]12CCCN2C(=O)c1cc([N+](=O)[O-])cc([N+](=O)[O-])c1)OC(=O)c1cc([N+](=O)[O-])cc([N+](=O)[O-])c1. The van der Waals surface area contributed by atoms with Crippen LogP contribution in [-0.2, 0) is 4.74 Å². The van der Waals surface area contributed by atoms with Crippen LogP contribution >= 0.6 is 0 Å². The molecule has 0 bridgehead atoms. The first-order valence-corrected chi connectivity index (χ1v) is 22.3. The number of amides is 1. The number of carbonyl (C=O) groups is 2. The average Bonchev–Trinajstić information content (AvgIpc) is 3.68. The Balaban J connectivity index is 0.000000563. The highest BCUT2D eigenvalue weighted by Gasteiger charge is 2.50. The second-order valence-corrected chi connectivity index (χ2v) is 16.8. The van der Waals surface area contributed by atoms with E-state index in [-0.39, 0.29) is 17.0 Å². The minimum absolute atomic E-state index is 0.0119. The maximum atomic E-state index is 13.9. The third kappa shape index (κ3) is 14.0. The topological polar surface area (TPSA) is 219 Å². The van der Waals surface area contributed by atoms with Gasteiger partial charge in [-0.25, -0.2) is 4.79 Å². The molecule has 0 N–H and O–H groups in total. The lowest BCUT2D eigenvalue weighted by Gasteiger charge is -2.48. The molecule has 16 nitrogen and oxygen atoms in total. The molecule has 1 aliphatic heterocycles. The molecule has 16 heteroatoms. The predicted molar refractivity (Wildman–Crippen MR) is 227 cm³/mol. The standard InChI is InChI=1S/C32H39N5O11.2C6H12/c1-2-3-4-5-10-29(48-31(39)23-18-27(36(44)45)21-28(19-23)37(46)47)12-11-24-9-6-7-13-32(24)14-8-15-33(32)30(38)22-16-25(34(40)41)20-26(17-22)35(42)43;2*1-2-4-6-5-3-1/h16-21,24,29H,2-15H2,1H3;2*1-6H2/t24-,29-,32-;;/m1../s1. The fourth-order valence-electron chi connectivity index (χ4n) is 9.39. The molecule has 60 heavy (non-hydrogen) atoms. The molecule has 330 valence electrons. The summed E-state index contributed by atoms with van der Waals surface area (Å²) < 4.78 is 5.85. The Bertz CT molecular complexity index is 1680. The summed E-state index contributed by atoms with van der Waals surface area (Å²) in [5.74, 6) is -1.41. The quantitative estimate of drug-likeness (QED) is 0.0710. The van der Waals surface area contributed by atoms with Gasteiger partial charge in [0.05, 0.1) is 43.0 Å². The molecule has 0 unspecified atom stereocenters. The second-order valence-electron chi connectivity index (χ2n) is 16.8. The van der Waals surface area contributed by atoms with E-state index in [1.165, 1.54) is 77.0 Å². The van der Waals surface area contributed by atoms with Crippen molar-refractivity contribution in [2.24, 2.45) is 5.92 Å². The lowest BCUT2D eigenvalue weighted by molar-refractivity contribution is -0.394. The van der Waals surface area contributed by atoms with E-state index in [1.807, 2.05) is 0 Å². The maximum absolute atomic E-state index is 13.9. The molecule has 2 aromatic rings. The number of likely N-dealkylation sites (tertiary alicyclic amines) is 1. The van der Waals surface area contributed by atoms with Crippen LogP contribution in [0.15, 0.2) is 36.4 Å². The lowest BCUT2D eigenvalue weighted by Crippen LogP contribution is -2.54. The third-order valence-corrected chi connectivity index (χ3v) is 12.6. The fraction of sp³-hybridized carbons (Fsp3) is 0.682. The number of hydrogen-bond donors (Lipinski definition) is 0. The van der Waals surface area contributed by atoms with E-state index in [1.54, 1.807) is 4.90 Å². The van der Waals surface area contributed by atoms with Crippen molar-refractivity contribution in [2.45, 2.75) is 179 Å². The Labute approximate surface area is 352 Å². The van der Waals surface area contributed by atoms with Gasteiger partial charge in [-0.05, 0) is 57.3 Å². The minimum atomic E-state index is -0.898. The number of nitrogens with zero attached hydrogens (tertiary/aromatic N) is 5. The van der Waals surface area contributed by atoms with Gasteiger partial charge in [-0.1, -0.05) is 116 Å². The molecular weight excluding hydrogens is 775 g/mol. The predicted octanol–water partition coefficient (Wildman–Crippen LogP) is 12.1. The fourth-order valence-corrected chi connectivity index (χ4v) is 9.39. The van der Waals surface area contributed by atoms with E-state index < -0.39 is 66.0 Å². The monoisotopic (exact) mass is 837 g/mol. The number of benzene rings is 2. The van der Waals surface area contributed by atoms with Crippen molar-refractivity contribution in [3.05, 3.63) is 88.0 Å². The van der Waals surface area contributed by atoms with Crippen molar-refractivity contribution in [2.75, 3.05) is 6.54 Å². The number of ether oxygens (including phenoxy) is 1. The van der Waals surface area contributed by atoms with Crippen molar-refractivity contribution in [3.8, 4) is 0 Å². The van der Waals surface area contributed by atoms with Crippen LogP contribution < -0.4 is 0 Å². The summed E-state index contributed by atoms with van der Waals surface area (Å²) in [6.07, 6.45) is 27.2. The zero-order valence-electron chi connectivity index (χ0n) is 35.2. The summed E-state index contributed by atoms with van der Waals surface area (Å²) in [4.78, 5) is 71.5. The Hall–Kier alpha value is -5.02. The van der Waals surface area contributed by atoms with Crippen LogP contribution in [0.3, 0.4) is 0 Å². The Morgan fingerprint density at radius 1 is 0.617 bits per heavy atom. The van der Waals surface area contributed by atoms with Crippen LogP contribution in [0, 0.1) is 46.4 Å². The largest absolute Gasteiger partial charge is 0.459 e. The molecule has 4 fully saturated rings. The summed E-state index contributed by atoms with van der Waals surface area (Å²) in [5, 5.41) is 45.8. The molecule has 0 radical (unpaired) electrons. The van der Waals surface area contributed by atoms with Gasteiger partial charge in [-0.2, -0.15) is 0 Å². The van der Waals surface area contributed by atoms with E-state index in [2.05, 4.69) is 6.92 Å². The highest BCUT2D eigenvalue weighted by atomic mass is 16.6. The maximum Gasteiger partial charge on any atom is 0.338 e. The molecule has 1 spiro atoms. The molecule has 3 atom stereocenters. The van der Waals surface area contributed by atoms with Gasteiger partial charge >= 0.3 is 5.97 Å². The first-order valence-electron chi connectivity index (χ1n) is 22.3. The summed E-state index contributed by atoms with van der Waals surface area (Å²) in [5.41, 5.74) is -3.26. The number of rotatable bonds is 15. The zero-order valence-corrected chi connectivity index (χ0v) is 35.2. The van der Waals surface area contributed by atoms with Crippen molar-refractivity contribution in [1.82, 2.24) is 4.90 Å². The van der Waals surface area contributed by atoms with Gasteiger partial charge in [0.25, 0.3) is 28.7 Å². The van der Waals surface area contributed by atoms with Gasteiger partial charge < -0.3 is 9.64 Å². The summed E-state index contributed by atoms with van der Waals surface area (Å²) in [7, 11) is 0. The average molecular weight is 838 g/mol. The van der Waals surface area contributed by atoms with Gasteiger partial charge in [-0.3, -0.25) is 45.3 Å². The molecule has 6 rings (SSSR count). The second kappa shape index (κ2) is 24.3. The highest BCUT2D eigenvalue weighted by molar-refractivity contribution is 5.96. The number of non-ortho nitro benzene ring substituents is 4. The molecule has 0 aromatic heterocycles. The molecule has 3 aliphatic carbocycles. The number of carbonyl (C=O) groups excluding carboxylic acids is 2. The van der Waals surface area contributed by atoms with Crippen LogP contribution in [0.4, 0.5) is 22.7 Å². The smallest absolute Gasteiger partial charge is 0.338 e. The van der Waals surface area contributed by atoms with Crippen LogP contribution in [0.2, 0.25) is 0 Å². The molecular formula is C44H63N5O11. The molecule has 1 amide bonds. The van der Waals surface area contributed by atoms with Crippen molar-refractivity contribution in [1.29, 1.82) is 0 Å². The molecule has 1 heterocycles. The van der Waals surface area contributed by atoms with E-state index in [0.29, 0.717) is 45.1 Å². The number of hydrogen-bond acceptors (Lipinski definition) is 11.